The second-order valence-electron chi connectivity index (χ2n) is 12.1. The number of rotatable bonds is 10. The summed E-state index contributed by atoms with van der Waals surface area (Å²) in [6.07, 6.45) is -2.77. The highest BCUT2D eigenvalue weighted by molar-refractivity contribution is 5.94. The highest BCUT2D eigenvalue weighted by Gasteiger charge is 2.55. The molecule has 8 atom stereocenters. The highest BCUT2D eigenvalue weighted by atomic mass is 16.8. The molecule has 1 spiro atoms. The molecule has 4 aliphatic rings. The average molecular weight is 654 g/mol. The summed E-state index contributed by atoms with van der Waals surface area (Å²) < 4.78 is 29.8. The molecule has 0 bridgehead atoms. The number of carbonyl (C=O) groups is 2. The zero-order valence-electron chi connectivity index (χ0n) is 25.5. The number of hydrogen-bond acceptors (Lipinski definition) is 12. The van der Waals surface area contributed by atoms with Gasteiger partial charge in [-0.05, 0) is 34.9 Å². The SMILES string of the molecule is O=C(NCCO)C1=C[C@H]2OC3(Cc4ccccc4C3)O[C@H]2[C@H](OC(=O)c2cccc(C=CCO[C@H]3O[C@H](CO)[C@H](O)[C@H](O)[C@H]3O)c2)C1. The Bertz CT molecular complexity index is 1480. The third-order valence-electron chi connectivity index (χ3n) is 8.80. The summed E-state index contributed by atoms with van der Waals surface area (Å²) >= 11 is 0. The molecule has 1 amide bonds. The van der Waals surface area contributed by atoms with Gasteiger partial charge in [-0.2, -0.15) is 0 Å². The average Bonchev–Trinajstić information content (AvgIpc) is 3.63. The monoisotopic (exact) mass is 653 g/mol. The molecule has 6 N–H and O–H groups in total. The van der Waals surface area contributed by atoms with Gasteiger partial charge in [0.1, 0.15) is 42.7 Å². The van der Waals surface area contributed by atoms with Gasteiger partial charge in [0.15, 0.2) is 12.1 Å². The lowest BCUT2D eigenvalue weighted by Gasteiger charge is -2.39. The smallest absolute Gasteiger partial charge is 0.338 e. The van der Waals surface area contributed by atoms with E-state index in [9.17, 15) is 35.1 Å². The van der Waals surface area contributed by atoms with Crippen LogP contribution in [0.4, 0.5) is 0 Å². The molecule has 0 unspecified atom stereocenters. The van der Waals surface area contributed by atoms with Crippen LogP contribution in [0, 0.1) is 0 Å². The number of nitrogens with one attached hydrogen (secondary N) is 1. The first-order chi connectivity index (χ1) is 22.7. The summed E-state index contributed by atoms with van der Waals surface area (Å²) in [5.41, 5.74) is 3.53. The number of benzene rings is 2. The van der Waals surface area contributed by atoms with Crippen LogP contribution in [0.15, 0.2) is 66.3 Å². The maximum absolute atomic E-state index is 13.5. The minimum Gasteiger partial charge on any atom is -0.456 e. The third-order valence-corrected chi connectivity index (χ3v) is 8.80. The van der Waals surface area contributed by atoms with Crippen molar-refractivity contribution in [1.29, 1.82) is 0 Å². The van der Waals surface area contributed by atoms with Crippen LogP contribution in [0.3, 0.4) is 0 Å². The molecule has 252 valence electrons. The summed E-state index contributed by atoms with van der Waals surface area (Å²) in [5.74, 6) is -1.92. The van der Waals surface area contributed by atoms with Gasteiger partial charge in [-0.1, -0.05) is 48.6 Å². The number of esters is 1. The van der Waals surface area contributed by atoms with E-state index in [1.54, 1.807) is 42.5 Å². The van der Waals surface area contributed by atoms with Crippen LogP contribution in [-0.2, 0) is 41.3 Å². The summed E-state index contributed by atoms with van der Waals surface area (Å²) in [5, 5.41) is 51.2. The first kappa shape index (κ1) is 33.4. The minimum atomic E-state index is -1.54. The number of ether oxygens (including phenoxy) is 5. The first-order valence-electron chi connectivity index (χ1n) is 15.6. The molecule has 2 heterocycles. The largest absolute Gasteiger partial charge is 0.456 e. The topological polar surface area (TPSA) is 193 Å². The van der Waals surface area contributed by atoms with Crippen LogP contribution >= 0.6 is 0 Å². The van der Waals surface area contributed by atoms with Crippen LogP contribution in [0.1, 0.15) is 33.5 Å². The van der Waals surface area contributed by atoms with Crippen LogP contribution in [-0.4, -0.2) is 119 Å². The molecule has 13 heteroatoms. The molecule has 2 aliphatic heterocycles. The Labute approximate surface area is 271 Å². The first-order valence-corrected chi connectivity index (χ1v) is 15.6. The van der Waals surface area contributed by atoms with Crippen molar-refractivity contribution in [1.82, 2.24) is 5.32 Å². The van der Waals surface area contributed by atoms with Gasteiger partial charge in [0.05, 0.1) is 25.4 Å². The standard InChI is InChI=1S/C34H39NO12/c36-11-10-35-31(41)23-14-24(30-25(15-23)46-34(47-30)16-21-7-1-2-8-22(21)17-34)44-32(42)20-9-3-5-19(13-20)6-4-12-43-33-29(40)28(39)27(38)26(18-37)45-33/h1-9,13,15,24-30,33,36-40H,10-12,14,16-18H2,(H,35,41)/t24-,25-,26-,27+,28+,29-,30+,33+/m1/s1. The molecule has 47 heavy (non-hydrogen) atoms. The van der Waals surface area contributed by atoms with Crippen LogP contribution < -0.4 is 5.32 Å². The third kappa shape index (κ3) is 7.18. The van der Waals surface area contributed by atoms with Gasteiger partial charge in [0.25, 0.3) is 0 Å². The Morgan fingerprint density at radius 3 is 2.47 bits per heavy atom. The van der Waals surface area contributed by atoms with E-state index in [0.717, 1.165) is 11.1 Å². The van der Waals surface area contributed by atoms with Gasteiger partial charge in [0, 0.05) is 31.4 Å². The van der Waals surface area contributed by atoms with Crippen molar-refractivity contribution in [2.24, 2.45) is 0 Å². The quantitative estimate of drug-likeness (QED) is 0.185. The molecule has 2 aromatic carbocycles. The molecule has 0 saturated carbocycles. The molecular formula is C34H39NO12. The van der Waals surface area contributed by atoms with Crippen molar-refractivity contribution in [3.63, 3.8) is 0 Å². The fourth-order valence-corrected chi connectivity index (χ4v) is 6.46. The summed E-state index contributed by atoms with van der Waals surface area (Å²) in [6, 6.07) is 14.7. The zero-order valence-corrected chi connectivity index (χ0v) is 25.5. The molecule has 0 radical (unpaired) electrons. The molecule has 2 aliphatic carbocycles. The Morgan fingerprint density at radius 1 is 0.979 bits per heavy atom. The lowest BCUT2D eigenvalue weighted by atomic mass is 9.91. The van der Waals surface area contributed by atoms with Crippen LogP contribution in [0.5, 0.6) is 0 Å². The molecular weight excluding hydrogens is 614 g/mol. The number of fused-ring (bicyclic) bond motifs is 2. The number of hydrogen-bond donors (Lipinski definition) is 6. The summed E-state index contributed by atoms with van der Waals surface area (Å²) in [6.45, 7) is -0.734. The van der Waals surface area contributed by atoms with Gasteiger partial charge >= 0.3 is 5.97 Å². The van der Waals surface area contributed by atoms with Gasteiger partial charge in [0.2, 0.25) is 5.91 Å². The number of aliphatic hydroxyl groups excluding tert-OH is 5. The molecule has 2 fully saturated rings. The molecule has 0 aromatic heterocycles. The minimum absolute atomic E-state index is 0.0427. The fourth-order valence-electron chi connectivity index (χ4n) is 6.46. The van der Waals surface area contributed by atoms with Crippen molar-refractivity contribution in [2.75, 3.05) is 26.4 Å². The lowest BCUT2D eigenvalue weighted by molar-refractivity contribution is -0.298. The molecule has 2 saturated heterocycles. The van der Waals surface area contributed by atoms with E-state index in [1.807, 2.05) is 24.3 Å². The maximum atomic E-state index is 13.5. The van der Waals surface area contributed by atoms with Crippen molar-refractivity contribution in [3.8, 4) is 0 Å². The van der Waals surface area contributed by atoms with Crippen LogP contribution in [0.25, 0.3) is 6.08 Å². The Morgan fingerprint density at radius 2 is 1.74 bits per heavy atom. The van der Waals surface area contributed by atoms with E-state index in [-0.39, 0.29) is 37.6 Å². The zero-order chi connectivity index (χ0) is 33.1. The highest BCUT2D eigenvalue weighted by Crippen LogP contribution is 2.45. The summed E-state index contributed by atoms with van der Waals surface area (Å²) in [7, 11) is 0. The normalized spacial score (nSPS) is 31.0. The van der Waals surface area contributed by atoms with Crippen molar-refractivity contribution in [2.45, 2.75) is 74.1 Å². The van der Waals surface area contributed by atoms with Gasteiger partial charge < -0.3 is 54.5 Å². The second-order valence-corrected chi connectivity index (χ2v) is 12.1. The van der Waals surface area contributed by atoms with E-state index in [0.29, 0.717) is 24.0 Å². The molecule has 2 aromatic rings. The van der Waals surface area contributed by atoms with E-state index in [4.69, 9.17) is 23.7 Å². The van der Waals surface area contributed by atoms with Crippen molar-refractivity contribution >= 4 is 18.0 Å². The molecule has 6 rings (SSSR count). The van der Waals surface area contributed by atoms with Gasteiger partial charge in [-0.3, -0.25) is 4.79 Å². The van der Waals surface area contributed by atoms with Gasteiger partial charge in [-0.25, -0.2) is 4.79 Å². The van der Waals surface area contributed by atoms with E-state index in [2.05, 4.69) is 5.32 Å². The van der Waals surface area contributed by atoms with E-state index < -0.39 is 67.4 Å². The lowest BCUT2D eigenvalue weighted by Crippen LogP contribution is -2.59. The second kappa shape index (κ2) is 14.3. The van der Waals surface area contributed by atoms with Crippen LogP contribution in [0.2, 0.25) is 0 Å². The number of carbonyl (C=O) groups excluding carboxylic acids is 2. The van der Waals surface area contributed by atoms with Gasteiger partial charge in [-0.15, -0.1) is 0 Å². The van der Waals surface area contributed by atoms with E-state index >= 15 is 0 Å². The maximum Gasteiger partial charge on any atom is 0.338 e. The Kier molecular flexibility index (Phi) is 10.2. The summed E-state index contributed by atoms with van der Waals surface area (Å²) in [4.78, 5) is 26.3. The Hall–Kier alpha value is -3.50. The predicted octanol–water partition coefficient (Wildman–Crippen LogP) is -0.241. The van der Waals surface area contributed by atoms with Crippen molar-refractivity contribution < 1.29 is 58.8 Å². The fraction of sp³-hybridized carbons (Fsp3) is 0.471. The molecule has 13 nitrogen and oxygen atoms in total. The number of amides is 1. The Balaban J connectivity index is 1.11. The van der Waals surface area contributed by atoms with E-state index in [1.165, 1.54) is 0 Å². The van der Waals surface area contributed by atoms with Crippen molar-refractivity contribution in [3.05, 3.63) is 88.5 Å². The number of aliphatic hydroxyl groups is 5. The predicted molar refractivity (Wildman–Crippen MR) is 164 cm³/mol.